The summed E-state index contributed by atoms with van der Waals surface area (Å²) >= 11 is 0. The van der Waals surface area contributed by atoms with Crippen molar-refractivity contribution in [3.05, 3.63) is 60.6 Å². The van der Waals surface area contributed by atoms with Crippen LogP contribution in [0.5, 0.6) is 0 Å². The summed E-state index contributed by atoms with van der Waals surface area (Å²) in [7, 11) is 0. The Morgan fingerprint density at radius 3 is 2.36 bits per heavy atom. The van der Waals surface area contributed by atoms with Crippen molar-refractivity contribution in [2.75, 3.05) is 10.6 Å². The summed E-state index contributed by atoms with van der Waals surface area (Å²) in [5, 5.41) is 5.84. The van der Waals surface area contributed by atoms with Gasteiger partial charge in [-0.15, -0.1) is 0 Å². The number of imidazole rings is 1. The van der Waals surface area contributed by atoms with Crippen LogP contribution >= 0.6 is 0 Å². The lowest BCUT2D eigenvalue weighted by atomic mass is 10.0. The Bertz CT molecular complexity index is 972. The molecule has 3 aromatic rings. The minimum absolute atomic E-state index is 0.0677. The lowest BCUT2D eigenvalue weighted by Gasteiger charge is -2.10. The quantitative estimate of drug-likeness (QED) is 0.682. The molecular formula is C22H24N4O2. The largest absolute Gasteiger partial charge is 0.326 e. The van der Waals surface area contributed by atoms with Crippen LogP contribution < -0.4 is 10.6 Å². The second-order valence-corrected chi connectivity index (χ2v) is 7.43. The highest BCUT2D eigenvalue weighted by Gasteiger charge is 2.18. The molecule has 0 aliphatic heterocycles. The van der Waals surface area contributed by atoms with Gasteiger partial charge in [0.1, 0.15) is 5.65 Å². The van der Waals surface area contributed by atoms with Gasteiger partial charge in [0, 0.05) is 36.4 Å². The van der Waals surface area contributed by atoms with Crippen LogP contribution in [0.3, 0.4) is 0 Å². The first-order valence-corrected chi connectivity index (χ1v) is 9.77. The summed E-state index contributed by atoms with van der Waals surface area (Å²) in [5.74, 6) is 0.506. The third-order valence-electron chi connectivity index (χ3n) is 5.23. The molecule has 28 heavy (non-hydrogen) atoms. The maximum atomic E-state index is 12.3. The number of nitrogens with one attached hydrogen (secondary N) is 2. The number of carbonyl (C=O) groups excluding carboxylic acids is 2. The molecule has 2 heterocycles. The zero-order valence-corrected chi connectivity index (χ0v) is 15.7. The Kier molecular flexibility index (Phi) is 5.37. The van der Waals surface area contributed by atoms with Crippen molar-refractivity contribution in [2.24, 2.45) is 5.92 Å². The van der Waals surface area contributed by atoms with Crippen LogP contribution in [0.15, 0.2) is 55.0 Å². The number of fused-ring (bicyclic) bond motifs is 1. The molecule has 1 fully saturated rings. The van der Waals surface area contributed by atoms with Gasteiger partial charge in [-0.05, 0) is 60.7 Å². The van der Waals surface area contributed by atoms with E-state index < -0.39 is 0 Å². The second kappa shape index (κ2) is 8.25. The average Bonchev–Trinajstić information content (AvgIpc) is 3.34. The number of rotatable bonds is 6. The zero-order chi connectivity index (χ0) is 19.3. The Morgan fingerprint density at radius 1 is 0.964 bits per heavy atom. The molecule has 144 valence electrons. The van der Waals surface area contributed by atoms with E-state index in [-0.39, 0.29) is 18.2 Å². The van der Waals surface area contributed by atoms with Crippen LogP contribution in [0.1, 0.15) is 37.7 Å². The minimum atomic E-state index is -0.0890. The molecule has 0 unspecified atom stereocenters. The van der Waals surface area contributed by atoms with Gasteiger partial charge in [0.05, 0.1) is 6.42 Å². The van der Waals surface area contributed by atoms with Crippen molar-refractivity contribution < 1.29 is 9.59 Å². The zero-order valence-electron chi connectivity index (χ0n) is 15.7. The SMILES string of the molecule is O=C(Cc1ccn2ccnc2c1)Nc1ccc(NC(=O)CC2CCCC2)cc1. The summed E-state index contributed by atoms with van der Waals surface area (Å²) in [6.45, 7) is 0. The monoisotopic (exact) mass is 376 g/mol. The minimum Gasteiger partial charge on any atom is -0.326 e. The first kappa shape index (κ1) is 18.2. The number of anilines is 2. The van der Waals surface area contributed by atoms with Gasteiger partial charge in [-0.2, -0.15) is 0 Å². The molecule has 1 aliphatic carbocycles. The lowest BCUT2D eigenvalue weighted by molar-refractivity contribution is -0.117. The third-order valence-corrected chi connectivity index (χ3v) is 5.23. The number of hydrogen-bond acceptors (Lipinski definition) is 3. The van der Waals surface area contributed by atoms with Crippen LogP contribution in [0, 0.1) is 5.92 Å². The van der Waals surface area contributed by atoms with Crippen LogP contribution in [0.2, 0.25) is 0 Å². The van der Waals surface area contributed by atoms with Gasteiger partial charge in [-0.3, -0.25) is 9.59 Å². The topological polar surface area (TPSA) is 75.5 Å². The first-order valence-electron chi connectivity index (χ1n) is 9.77. The smallest absolute Gasteiger partial charge is 0.228 e. The van der Waals surface area contributed by atoms with Crippen LogP contribution in [0.4, 0.5) is 11.4 Å². The van der Waals surface area contributed by atoms with Gasteiger partial charge in [0.2, 0.25) is 11.8 Å². The van der Waals surface area contributed by atoms with Gasteiger partial charge in [-0.1, -0.05) is 12.8 Å². The first-order chi connectivity index (χ1) is 13.7. The summed E-state index contributed by atoms with van der Waals surface area (Å²) < 4.78 is 1.90. The predicted octanol–water partition coefficient (Wildman–Crippen LogP) is 4.03. The number of pyridine rings is 1. The Labute approximate surface area is 164 Å². The van der Waals surface area contributed by atoms with E-state index in [1.54, 1.807) is 18.3 Å². The molecule has 0 saturated heterocycles. The fourth-order valence-electron chi connectivity index (χ4n) is 3.78. The van der Waals surface area contributed by atoms with E-state index in [0.717, 1.165) is 29.7 Å². The standard InChI is InChI=1S/C22H24N4O2/c27-21(14-16-3-1-2-4-16)24-18-5-7-19(8-6-18)25-22(28)15-17-9-11-26-12-10-23-20(26)13-17/h5-13,16H,1-4,14-15H2,(H,24,27)(H,25,28). The number of nitrogens with zero attached hydrogens (tertiary/aromatic N) is 2. The molecule has 6 nitrogen and oxygen atoms in total. The molecule has 1 aliphatic rings. The van der Waals surface area contributed by atoms with Crippen molar-refractivity contribution in [1.29, 1.82) is 0 Å². The maximum Gasteiger partial charge on any atom is 0.228 e. The molecule has 0 spiro atoms. The van der Waals surface area contributed by atoms with Crippen LogP contribution in [-0.4, -0.2) is 21.2 Å². The molecule has 1 saturated carbocycles. The highest BCUT2D eigenvalue weighted by molar-refractivity contribution is 5.94. The normalized spacial score (nSPS) is 14.3. The van der Waals surface area contributed by atoms with Crippen molar-refractivity contribution in [1.82, 2.24) is 9.38 Å². The van der Waals surface area contributed by atoms with Crippen molar-refractivity contribution in [3.63, 3.8) is 0 Å². The van der Waals surface area contributed by atoms with E-state index in [0.29, 0.717) is 18.0 Å². The van der Waals surface area contributed by atoms with Gasteiger partial charge < -0.3 is 15.0 Å². The van der Waals surface area contributed by atoms with Gasteiger partial charge in [-0.25, -0.2) is 4.98 Å². The fourth-order valence-corrected chi connectivity index (χ4v) is 3.78. The average molecular weight is 376 g/mol. The number of hydrogen-bond donors (Lipinski definition) is 2. The van der Waals surface area contributed by atoms with E-state index in [1.165, 1.54) is 12.8 Å². The highest BCUT2D eigenvalue weighted by Crippen LogP contribution is 2.27. The highest BCUT2D eigenvalue weighted by atomic mass is 16.2. The number of benzene rings is 1. The molecular weight excluding hydrogens is 352 g/mol. The summed E-state index contributed by atoms with van der Waals surface area (Å²) in [6.07, 6.45) is 11.2. The molecule has 4 rings (SSSR count). The Hall–Kier alpha value is -3.15. The van der Waals surface area contributed by atoms with Crippen LogP contribution in [-0.2, 0) is 16.0 Å². The molecule has 0 radical (unpaired) electrons. The summed E-state index contributed by atoms with van der Waals surface area (Å²) in [6, 6.07) is 11.1. The maximum absolute atomic E-state index is 12.3. The summed E-state index contributed by atoms with van der Waals surface area (Å²) in [4.78, 5) is 28.7. The number of aromatic nitrogens is 2. The Morgan fingerprint density at radius 2 is 1.64 bits per heavy atom. The summed E-state index contributed by atoms with van der Waals surface area (Å²) in [5.41, 5.74) is 3.20. The van der Waals surface area contributed by atoms with E-state index in [4.69, 9.17) is 0 Å². The number of carbonyl (C=O) groups is 2. The fraction of sp³-hybridized carbons (Fsp3) is 0.318. The molecule has 2 N–H and O–H groups in total. The molecule has 0 atom stereocenters. The van der Waals surface area contributed by atoms with Crippen LogP contribution in [0.25, 0.3) is 5.65 Å². The molecule has 1 aromatic carbocycles. The molecule has 2 aromatic heterocycles. The van der Waals surface area contributed by atoms with E-state index >= 15 is 0 Å². The van der Waals surface area contributed by atoms with Crippen molar-refractivity contribution in [2.45, 2.75) is 38.5 Å². The third kappa shape index (κ3) is 4.57. The molecule has 6 heteroatoms. The molecule has 2 amide bonds. The van der Waals surface area contributed by atoms with Gasteiger partial charge >= 0.3 is 0 Å². The van der Waals surface area contributed by atoms with Gasteiger partial charge in [0.15, 0.2) is 0 Å². The lowest BCUT2D eigenvalue weighted by Crippen LogP contribution is -2.16. The van der Waals surface area contributed by atoms with Crippen molar-refractivity contribution >= 4 is 28.8 Å². The van der Waals surface area contributed by atoms with Gasteiger partial charge in [0.25, 0.3) is 0 Å². The molecule has 0 bridgehead atoms. The predicted molar refractivity (Wildman–Crippen MR) is 109 cm³/mol. The number of amides is 2. The Balaban J connectivity index is 1.29. The second-order valence-electron chi connectivity index (χ2n) is 7.43. The van der Waals surface area contributed by atoms with Crippen molar-refractivity contribution in [3.8, 4) is 0 Å². The van der Waals surface area contributed by atoms with E-state index in [1.807, 2.05) is 41.1 Å². The van der Waals surface area contributed by atoms with E-state index in [9.17, 15) is 9.59 Å². The van der Waals surface area contributed by atoms with E-state index in [2.05, 4.69) is 15.6 Å².